The van der Waals surface area contributed by atoms with E-state index in [1.165, 1.54) is 10.3 Å². The van der Waals surface area contributed by atoms with E-state index < -0.39 is 0 Å². The van der Waals surface area contributed by atoms with Crippen molar-refractivity contribution in [2.24, 2.45) is 5.41 Å². The summed E-state index contributed by atoms with van der Waals surface area (Å²) in [6, 6.07) is 6.21. The predicted molar refractivity (Wildman–Crippen MR) is 99.5 cm³/mol. The van der Waals surface area contributed by atoms with Crippen LogP contribution in [-0.2, 0) is 6.54 Å². The number of fused-ring (bicyclic) bond motifs is 1. The van der Waals surface area contributed by atoms with Crippen molar-refractivity contribution in [3.63, 3.8) is 0 Å². The molecule has 0 bridgehead atoms. The van der Waals surface area contributed by atoms with E-state index in [4.69, 9.17) is 11.6 Å². The molecule has 1 heterocycles. The van der Waals surface area contributed by atoms with Gasteiger partial charge in [-0.25, -0.2) is 0 Å². The molecule has 0 spiro atoms. The van der Waals surface area contributed by atoms with Crippen LogP contribution >= 0.6 is 22.9 Å². The minimum atomic E-state index is 0.0598. The molecular weight excluding hydrogens is 310 g/mol. The Morgan fingerprint density at radius 3 is 2.77 bits per heavy atom. The summed E-state index contributed by atoms with van der Waals surface area (Å²) in [6.45, 7) is 8.14. The van der Waals surface area contributed by atoms with E-state index in [1.54, 1.807) is 11.3 Å². The molecule has 0 fully saturated rings. The fourth-order valence-electron chi connectivity index (χ4n) is 2.11. The van der Waals surface area contributed by atoms with Gasteiger partial charge in [-0.2, -0.15) is 0 Å². The Morgan fingerprint density at radius 1 is 1.27 bits per heavy atom. The summed E-state index contributed by atoms with van der Waals surface area (Å²) >= 11 is 7.98. The van der Waals surface area contributed by atoms with Crippen molar-refractivity contribution in [2.75, 3.05) is 13.6 Å². The number of thiophene rings is 1. The van der Waals surface area contributed by atoms with Crippen LogP contribution < -0.4 is 0 Å². The largest absolute Gasteiger partial charge is 0.298 e. The number of hydrogen-bond acceptors (Lipinski definition) is 2. The fourth-order valence-corrected chi connectivity index (χ4v) is 3.32. The lowest BCUT2D eigenvalue weighted by Gasteiger charge is -2.15. The molecule has 2 rings (SSSR count). The van der Waals surface area contributed by atoms with Gasteiger partial charge in [-0.15, -0.1) is 11.3 Å². The van der Waals surface area contributed by atoms with E-state index in [-0.39, 0.29) is 5.41 Å². The number of nitrogens with zero attached hydrogens (tertiary/aromatic N) is 1. The molecule has 116 valence electrons. The fraction of sp³-hybridized carbons (Fsp3) is 0.368. The molecule has 1 aromatic heterocycles. The average molecular weight is 332 g/mol. The predicted octanol–water partition coefficient (Wildman–Crippen LogP) is 5.59. The molecule has 3 heteroatoms. The van der Waals surface area contributed by atoms with E-state index >= 15 is 0 Å². The van der Waals surface area contributed by atoms with Crippen molar-refractivity contribution in [3.8, 4) is 11.8 Å². The van der Waals surface area contributed by atoms with Gasteiger partial charge in [0, 0.05) is 33.6 Å². The summed E-state index contributed by atoms with van der Waals surface area (Å²) in [6.07, 6.45) is 4.06. The van der Waals surface area contributed by atoms with Crippen molar-refractivity contribution < 1.29 is 0 Å². The molecule has 0 radical (unpaired) electrons. The average Bonchev–Trinajstić information content (AvgIpc) is 2.91. The second kappa shape index (κ2) is 7.33. The van der Waals surface area contributed by atoms with E-state index in [0.29, 0.717) is 0 Å². The molecule has 0 unspecified atom stereocenters. The highest BCUT2D eigenvalue weighted by Crippen LogP contribution is 2.31. The number of likely N-dealkylation sites (N-methyl/N-ethyl adjacent to an activating group) is 1. The van der Waals surface area contributed by atoms with Crippen molar-refractivity contribution in [1.29, 1.82) is 0 Å². The molecular formula is C19H22ClNS. The summed E-state index contributed by atoms with van der Waals surface area (Å²) in [5, 5.41) is 4.09. The van der Waals surface area contributed by atoms with Crippen LogP contribution in [0.15, 0.2) is 35.7 Å². The van der Waals surface area contributed by atoms with Gasteiger partial charge in [0.15, 0.2) is 0 Å². The third-order valence-corrected chi connectivity index (χ3v) is 4.47. The zero-order chi connectivity index (χ0) is 16.2. The topological polar surface area (TPSA) is 3.24 Å². The van der Waals surface area contributed by atoms with Gasteiger partial charge in [0.1, 0.15) is 0 Å². The smallest absolute Gasteiger partial charge is 0.0493 e. The second-order valence-corrected chi connectivity index (χ2v) is 7.81. The van der Waals surface area contributed by atoms with Crippen LogP contribution in [0.3, 0.4) is 0 Å². The first kappa shape index (κ1) is 17.1. The van der Waals surface area contributed by atoms with Gasteiger partial charge in [-0.1, -0.05) is 35.6 Å². The summed E-state index contributed by atoms with van der Waals surface area (Å²) in [7, 11) is 2.12. The third kappa shape index (κ3) is 4.88. The lowest BCUT2D eigenvalue weighted by Crippen LogP contribution is -2.17. The maximum absolute atomic E-state index is 6.23. The Morgan fingerprint density at radius 2 is 2.05 bits per heavy atom. The van der Waals surface area contributed by atoms with Crippen LogP contribution in [0.1, 0.15) is 26.3 Å². The van der Waals surface area contributed by atoms with Crippen molar-refractivity contribution >= 4 is 33.0 Å². The molecule has 22 heavy (non-hydrogen) atoms. The molecule has 1 aromatic carbocycles. The molecule has 2 aromatic rings. The first-order valence-electron chi connectivity index (χ1n) is 7.37. The Kier molecular flexibility index (Phi) is 5.69. The molecule has 0 amide bonds. The Labute approximate surface area is 142 Å². The molecule has 0 saturated heterocycles. The maximum atomic E-state index is 6.23. The Hall–Kier alpha value is -1.27. The Balaban J connectivity index is 1.98. The van der Waals surface area contributed by atoms with E-state index in [0.717, 1.165) is 23.5 Å². The first-order chi connectivity index (χ1) is 10.4. The lowest BCUT2D eigenvalue weighted by molar-refractivity contribution is 0.365. The number of allylic oxidation sites excluding steroid dienone is 1. The van der Waals surface area contributed by atoms with Crippen molar-refractivity contribution in [1.82, 2.24) is 4.90 Å². The summed E-state index contributed by atoms with van der Waals surface area (Å²) in [5.41, 5.74) is 1.38. The van der Waals surface area contributed by atoms with E-state index in [2.05, 4.69) is 68.1 Å². The van der Waals surface area contributed by atoms with Crippen LogP contribution in [0.2, 0.25) is 5.02 Å². The summed E-state index contributed by atoms with van der Waals surface area (Å²) < 4.78 is 1.29. The quantitative estimate of drug-likeness (QED) is 0.660. The number of benzene rings is 1. The van der Waals surface area contributed by atoms with Gasteiger partial charge in [0.25, 0.3) is 0 Å². The van der Waals surface area contributed by atoms with Gasteiger partial charge in [-0.05, 0) is 57.0 Å². The monoisotopic (exact) mass is 331 g/mol. The zero-order valence-electron chi connectivity index (χ0n) is 13.6. The first-order valence-corrected chi connectivity index (χ1v) is 8.63. The maximum Gasteiger partial charge on any atom is 0.0493 e. The molecule has 0 saturated carbocycles. The minimum Gasteiger partial charge on any atom is -0.298 e. The van der Waals surface area contributed by atoms with Gasteiger partial charge in [0.2, 0.25) is 0 Å². The third-order valence-electron chi connectivity index (χ3n) is 3.15. The highest BCUT2D eigenvalue weighted by Gasteiger charge is 2.07. The van der Waals surface area contributed by atoms with Crippen molar-refractivity contribution in [3.05, 3.63) is 46.3 Å². The van der Waals surface area contributed by atoms with Gasteiger partial charge >= 0.3 is 0 Å². The van der Waals surface area contributed by atoms with Crippen LogP contribution in [-0.4, -0.2) is 18.5 Å². The standard InChI is InChI=1S/C19H22ClNS/c1-19(2,3)11-6-5-7-12-21(4)14-15-8-9-17(20)16-10-13-22-18(15)16/h5,7-10,13H,12,14H2,1-4H3/b7-5+. The van der Waals surface area contributed by atoms with Crippen LogP contribution in [0.5, 0.6) is 0 Å². The number of rotatable bonds is 4. The minimum absolute atomic E-state index is 0.0598. The van der Waals surface area contributed by atoms with Gasteiger partial charge in [-0.3, -0.25) is 4.90 Å². The second-order valence-electron chi connectivity index (χ2n) is 6.49. The summed E-state index contributed by atoms with van der Waals surface area (Å²) in [4.78, 5) is 2.28. The molecule has 0 N–H and O–H groups in total. The van der Waals surface area contributed by atoms with Gasteiger partial charge in [0.05, 0.1) is 0 Å². The molecule has 0 aliphatic heterocycles. The lowest BCUT2D eigenvalue weighted by atomic mass is 9.98. The number of halogens is 1. The summed E-state index contributed by atoms with van der Waals surface area (Å²) in [5.74, 6) is 6.31. The number of hydrogen-bond donors (Lipinski definition) is 0. The highest BCUT2D eigenvalue weighted by molar-refractivity contribution is 7.17. The van der Waals surface area contributed by atoms with Crippen LogP contribution in [0.25, 0.3) is 10.1 Å². The molecule has 0 atom stereocenters. The molecule has 0 aliphatic rings. The highest BCUT2D eigenvalue weighted by atomic mass is 35.5. The van der Waals surface area contributed by atoms with E-state index in [9.17, 15) is 0 Å². The van der Waals surface area contributed by atoms with Crippen LogP contribution in [0, 0.1) is 17.3 Å². The molecule has 0 aliphatic carbocycles. The SMILES string of the molecule is CN(C/C=C/C#CC(C)(C)C)Cc1ccc(Cl)c2ccsc12. The normalized spacial score (nSPS) is 12.1. The Bertz CT molecular complexity index is 725. The zero-order valence-corrected chi connectivity index (χ0v) is 15.2. The van der Waals surface area contributed by atoms with Crippen molar-refractivity contribution in [2.45, 2.75) is 27.3 Å². The van der Waals surface area contributed by atoms with Crippen LogP contribution in [0.4, 0.5) is 0 Å². The van der Waals surface area contributed by atoms with E-state index in [1.807, 2.05) is 12.1 Å². The van der Waals surface area contributed by atoms with Gasteiger partial charge < -0.3 is 0 Å². The molecule has 1 nitrogen and oxygen atoms in total.